The first-order valence-electron chi connectivity index (χ1n) is 13.8. The van der Waals surface area contributed by atoms with Gasteiger partial charge in [-0.3, -0.25) is 4.79 Å². The molecule has 2 bridgehead atoms. The highest BCUT2D eigenvalue weighted by molar-refractivity contribution is 7.12. The average Bonchev–Trinajstić information content (AvgIpc) is 3.57. The molecule has 0 spiro atoms. The molecule has 1 unspecified atom stereocenters. The molecule has 2 aromatic carbocycles. The van der Waals surface area contributed by atoms with Gasteiger partial charge in [-0.2, -0.15) is 0 Å². The summed E-state index contributed by atoms with van der Waals surface area (Å²) in [6, 6.07) is 8.43. The molecule has 6 nitrogen and oxygen atoms in total. The van der Waals surface area contributed by atoms with Crippen LogP contribution in [0.1, 0.15) is 47.6 Å². The number of benzene rings is 2. The molecule has 6 rings (SSSR count). The standard InChI is InChI=1S/C30H28Cl4FN3O3S/c31-21-3-1-2-16(28(21)34)14-38(19-5-6-19)30(39)27-20(12-18-4-7-24(27)37-18)25-13-36-26(42-25)15-40-8-9-41-29-22(32)10-17(35)11-23(29)33/h1-3,10-11,13,18-19,24,37H,4-9,12,14-15H2/t18-,24?/m0/s1. The zero-order chi connectivity index (χ0) is 29.4. The number of ether oxygens (including phenoxy) is 2. The van der Waals surface area contributed by atoms with Crippen LogP contribution in [0.25, 0.3) is 5.57 Å². The van der Waals surface area contributed by atoms with Gasteiger partial charge in [0.1, 0.15) is 17.4 Å². The number of halogens is 5. The molecule has 42 heavy (non-hydrogen) atoms. The quantitative estimate of drug-likeness (QED) is 0.210. The lowest BCUT2D eigenvalue weighted by Crippen LogP contribution is -2.44. The number of carbonyl (C=O) groups excluding carboxylic acids is 1. The first-order chi connectivity index (χ1) is 20.3. The predicted molar refractivity (Wildman–Crippen MR) is 165 cm³/mol. The van der Waals surface area contributed by atoms with Crippen LogP contribution in [-0.2, 0) is 22.7 Å². The third-order valence-electron chi connectivity index (χ3n) is 7.73. The van der Waals surface area contributed by atoms with Crippen LogP contribution in [0, 0.1) is 5.82 Å². The highest BCUT2D eigenvalue weighted by Crippen LogP contribution is 2.42. The van der Waals surface area contributed by atoms with Crippen LogP contribution in [0.15, 0.2) is 42.1 Å². The normalized spacial score (nSPS) is 19.8. The molecular weight excluding hydrogens is 643 g/mol. The number of thiazole rings is 1. The molecule has 1 saturated carbocycles. The maximum absolute atomic E-state index is 14.2. The van der Waals surface area contributed by atoms with E-state index in [4.69, 9.17) is 55.9 Å². The van der Waals surface area contributed by atoms with Crippen molar-refractivity contribution < 1.29 is 18.7 Å². The van der Waals surface area contributed by atoms with Crippen molar-refractivity contribution in [3.8, 4) is 5.75 Å². The van der Waals surface area contributed by atoms with E-state index < -0.39 is 5.82 Å². The Hall–Kier alpha value is -1.91. The van der Waals surface area contributed by atoms with Gasteiger partial charge >= 0.3 is 0 Å². The highest BCUT2D eigenvalue weighted by Gasteiger charge is 2.42. The van der Waals surface area contributed by atoms with Gasteiger partial charge in [-0.25, -0.2) is 9.37 Å². The van der Waals surface area contributed by atoms with E-state index in [0.717, 1.165) is 70.8 Å². The number of nitrogens with zero attached hydrogens (tertiary/aromatic N) is 2. The van der Waals surface area contributed by atoms with Crippen LogP contribution in [0.4, 0.5) is 4.39 Å². The van der Waals surface area contributed by atoms with Crippen LogP contribution in [0.5, 0.6) is 5.75 Å². The molecule has 2 atom stereocenters. The second kappa shape index (κ2) is 13.0. The molecule has 1 amide bonds. The zero-order valence-electron chi connectivity index (χ0n) is 22.5. The predicted octanol–water partition coefficient (Wildman–Crippen LogP) is 7.96. The molecule has 222 valence electrons. The minimum atomic E-state index is -0.527. The minimum absolute atomic E-state index is 0.0198. The van der Waals surface area contributed by atoms with Crippen molar-refractivity contribution in [1.29, 1.82) is 0 Å². The summed E-state index contributed by atoms with van der Waals surface area (Å²) >= 11 is 26.4. The van der Waals surface area contributed by atoms with E-state index in [1.165, 1.54) is 0 Å². The maximum Gasteiger partial charge on any atom is 0.252 e. The summed E-state index contributed by atoms with van der Waals surface area (Å²) in [5.74, 6) is -0.245. The Kier molecular flexibility index (Phi) is 9.31. The smallest absolute Gasteiger partial charge is 0.252 e. The van der Waals surface area contributed by atoms with Crippen molar-refractivity contribution in [2.24, 2.45) is 0 Å². The Labute approximate surface area is 267 Å². The Morgan fingerprint density at radius 1 is 1.07 bits per heavy atom. The van der Waals surface area contributed by atoms with Crippen molar-refractivity contribution in [2.45, 2.75) is 63.4 Å². The molecule has 1 saturated heterocycles. The van der Waals surface area contributed by atoms with E-state index in [1.807, 2.05) is 23.2 Å². The fourth-order valence-electron chi connectivity index (χ4n) is 5.59. The Balaban J connectivity index is 1.15. The van der Waals surface area contributed by atoms with Gasteiger partial charge < -0.3 is 19.7 Å². The third-order valence-corrected chi connectivity index (χ3v) is 10.2. The fourth-order valence-corrected chi connectivity index (χ4v) is 7.47. The summed E-state index contributed by atoms with van der Waals surface area (Å²) in [4.78, 5) is 21.8. The molecule has 3 heterocycles. The van der Waals surface area contributed by atoms with E-state index in [1.54, 1.807) is 17.4 Å². The van der Waals surface area contributed by atoms with E-state index in [9.17, 15) is 9.18 Å². The Morgan fingerprint density at radius 3 is 2.62 bits per heavy atom. The number of amides is 1. The van der Waals surface area contributed by atoms with Crippen molar-refractivity contribution >= 4 is 69.2 Å². The van der Waals surface area contributed by atoms with Gasteiger partial charge in [-0.05, 0) is 61.4 Å². The van der Waals surface area contributed by atoms with Gasteiger partial charge in [0.15, 0.2) is 5.75 Å². The average molecular weight is 671 g/mol. The van der Waals surface area contributed by atoms with Gasteiger partial charge in [0.05, 0.1) is 38.2 Å². The molecule has 12 heteroatoms. The zero-order valence-corrected chi connectivity index (χ0v) is 26.3. The molecule has 1 aliphatic carbocycles. The van der Waals surface area contributed by atoms with Gasteiger partial charge in [0.2, 0.25) is 0 Å². The SMILES string of the molecule is O=C(C1=C(c2cnc(COCCOc3c(Cl)cc(F)cc3Cl)s2)C[C@@H]2CCC1N2)N(Cc1cccc(Cl)c1Cl)C1CC1. The third kappa shape index (κ3) is 6.60. The van der Waals surface area contributed by atoms with E-state index in [2.05, 4.69) is 10.3 Å². The molecule has 0 radical (unpaired) electrons. The van der Waals surface area contributed by atoms with Gasteiger partial charge in [-0.15, -0.1) is 11.3 Å². The first kappa shape index (κ1) is 30.1. The largest absolute Gasteiger partial charge is 0.488 e. The van der Waals surface area contributed by atoms with Crippen LogP contribution in [-0.4, -0.2) is 47.1 Å². The summed E-state index contributed by atoms with van der Waals surface area (Å²) in [5.41, 5.74) is 2.76. The molecule has 3 aromatic rings. The Bertz CT molecular complexity index is 1510. The van der Waals surface area contributed by atoms with Crippen LogP contribution >= 0.6 is 57.7 Å². The molecule has 3 aliphatic rings. The van der Waals surface area contributed by atoms with Gasteiger partial charge in [-0.1, -0.05) is 58.5 Å². The molecular formula is C30H28Cl4FN3O3S. The lowest BCUT2D eigenvalue weighted by atomic mass is 9.93. The fraction of sp³-hybridized carbons (Fsp3) is 0.400. The summed E-state index contributed by atoms with van der Waals surface area (Å²) in [5, 5.41) is 5.66. The van der Waals surface area contributed by atoms with E-state index in [-0.39, 0.29) is 47.0 Å². The molecule has 2 fully saturated rings. The monoisotopic (exact) mass is 669 g/mol. The van der Waals surface area contributed by atoms with Crippen molar-refractivity contribution in [1.82, 2.24) is 15.2 Å². The molecule has 1 aromatic heterocycles. The lowest BCUT2D eigenvalue weighted by Gasteiger charge is -2.31. The van der Waals surface area contributed by atoms with E-state index in [0.29, 0.717) is 29.2 Å². The number of rotatable bonds is 11. The van der Waals surface area contributed by atoms with Gasteiger partial charge in [0.25, 0.3) is 5.91 Å². The van der Waals surface area contributed by atoms with E-state index >= 15 is 0 Å². The van der Waals surface area contributed by atoms with Crippen molar-refractivity contribution in [2.75, 3.05) is 13.2 Å². The van der Waals surface area contributed by atoms with Gasteiger partial charge in [0, 0.05) is 36.4 Å². The van der Waals surface area contributed by atoms with Crippen molar-refractivity contribution in [3.63, 3.8) is 0 Å². The highest BCUT2D eigenvalue weighted by atomic mass is 35.5. The number of nitrogens with one attached hydrogen (secondary N) is 1. The lowest BCUT2D eigenvalue weighted by molar-refractivity contribution is -0.128. The number of hydrogen-bond donors (Lipinski definition) is 1. The number of hydrogen-bond acceptors (Lipinski definition) is 6. The minimum Gasteiger partial charge on any atom is -0.488 e. The van der Waals surface area contributed by atoms with Crippen LogP contribution < -0.4 is 10.1 Å². The number of aromatic nitrogens is 1. The molecule has 1 N–H and O–H groups in total. The van der Waals surface area contributed by atoms with Crippen LogP contribution in [0.2, 0.25) is 20.1 Å². The summed E-state index contributed by atoms with van der Waals surface area (Å²) in [7, 11) is 0. The first-order valence-corrected chi connectivity index (χ1v) is 16.1. The maximum atomic E-state index is 14.2. The van der Waals surface area contributed by atoms with Crippen molar-refractivity contribution in [3.05, 3.63) is 83.5 Å². The summed E-state index contributed by atoms with van der Waals surface area (Å²) in [6.07, 6.45) is 6.56. The number of carbonyl (C=O) groups is 1. The Morgan fingerprint density at radius 2 is 1.86 bits per heavy atom. The summed E-state index contributed by atoms with van der Waals surface area (Å²) in [6.45, 7) is 1.17. The topological polar surface area (TPSA) is 63.7 Å². The van der Waals surface area contributed by atoms with Crippen LogP contribution in [0.3, 0.4) is 0 Å². The number of fused-ring (bicyclic) bond motifs is 2. The second-order valence-corrected chi connectivity index (χ2v) is 13.4. The summed E-state index contributed by atoms with van der Waals surface area (Å²) < 4.78 is 24.8. The molecule has 2 aliphatic heterocycles. The second-order valence-electron chi connectivity index (χ2n) is 10.7.